The van der Waals surface area contributed by atoms with Crippen molar-refractivity contribution in [3.63, 3.8) is 0 Å². The number of benzene rings is 4. The molecule has 6 rings (SSSR count). The minimum Gasteiger partial charge on any atom is -0.455 e. The summed E-state index contributed by atoms with van der Waals surface area (Å²) in [6, 6.07) is 19.1. The largest absolute Gasteiger partial charge is 0.455 e. The Hall–Kier alpha value is -5.36. The van der Waals surface area contributed by atoms with E-state index in [-0.39, 0.29) is 39.4 Å². The molecule has 0 aliphatic carbocycles. The lowest BCUT2D eigenvalue weighted by atomic mass is 9.97. The van der Waals surface area contributed by atoms with Crippen LogP contribution in [-0.4, -0.2) is 44.2 Å². The van der Waals surface area contributed by atoms with Crippen LogP contribution in [0.1, 0.15) is 34.7 Å². The second kappa shape index (κ2) is 11.8. The molecule has 0 spiro atoms. The predicted octanol–water partition coefficient (Wildman–Crippen LogP) is 6.43. The normalized spacial score (nSPS) is 12.4. The van der Waals surface area contributed by atoms with Crippen LogP contribution in [0.4, 0.5) is 14.5 Å². The summed E-state index contributed by atoms with van der Waals surface area (Å²) >= 11 is 0. The molecule has 0 saturated heterocycles. The van der Waals surface area contributed by atoms with Gasteiger partial charge in [-0.2, -0.15) is 0 Å². The number of amides is 1. The Morgan fingerprint density at radius 2 is 1.55 bits per heavy atom. The molecule has 1 amide bonds. The lowest BCUT2D eigenvalue weighted by Gasteiger charge is -2.21. The number of anilines is 1. The van der Waals surface area contributed by atoms with Crippen LogP contribution < -0.4 is 15.2 Å². The van der Waals surface area contributed by atoms with E-state index in [0.29, 0.717) is 33.4 Å². The van der Waals surface area contributed by atoms with E-state index in [1.54, 1.807) is 43.3 Å². The number of hydrogen-bond acceptors (Lipinski definition) is 6. The summed E-state index contributed by atoms with van der Waals surface area (Å²) in [5, 5.41) is 3.28. The van der Waals surface area contributed by atoms with Gasteiger partial charge < -0.3 is 9.73 Å². The van der Waals surface area contributed by atoms with Gasteiger partial charge in [-0.15, -0.1) is 0 Å². The van der Waals surface area contributed by atoms with Gasteiger partial charge in [0.05, 0.1) is 34.5 Å². The highest BCUT2D eigenvalue weighted by atomic mass is 32.2. The molecule has 0 fully saturated rings. The molecule has 1 atom stereocenters. The first-order valence-corrected chi connectivity index (χ1v) is 16.4. The van der Waals surface area contributed by atoms with Crippen molar-refractivity contribution >= 4 is 43.5 Å². The average Bonchev–Trinajstić information content (AvgIpc) is 3.42. The molecule has 0 saturated carbocycles. The van der Waals surface area contributed by atoms with Gasteiger partial charge in [-0.1, -0.05) is 18.2 Å². The highest BCUT2D eigenvalue weighted by Crippen LogP contribution is 2.41. The fourth-order valence-corrected chi connectivity index (χ4v) is 6.29. The molecule has 0 unspecified atom stereocenters. The highest BCUT2D eigenvalue weighted by molar-refractivity contribution is 7.92. The Kier molecular flexibility index (Phi) is 7.92. The summed E-state index contributed by atoms with van der Waals surface area (Å²) in [4.78, 5) is 31.9. The first-order chi connectivity index (χ1) is 22.3. The summed E-state index contributed by atoms with van der Waals surface area (Å²) in [7, 11) is -0.912. The second-order valence-electron chi connectivity index (χ2n) is 11.3. The molecule has 9 nitrogen and oxygen atoms in total. The monoisotopic (exact) mass is 656 g/mol. The summed E-state index contributed by atoms with van der Waals surface area (Å²) < 4.78 is 61.8. The number of sulfonamides is 1. The summed E-state index contributed by atoms with van der Waals surface area (Å²) in [6.45, 7) is 3.55. The third kappa shape index (κ3) is 5.65. The topological polar surface area (TPSA) is 115 Å². The molecular weight excluding hydrogens is 626 g/mol. The number of halogens is 2. The molecule has 0 bridgehead atoms. The van der Waals surface area contributed by atoms with E-state index in [1.807, 2.05) is 6.92 Å². The number of aromatic nitrogens is 2. The van der Waals surface area contributed by atoms with Gasteiger partial charge in [0.25, 0.3) is 11.5 Å². The predicted molar refractivity (Wildman–Crippen MR) is 178 cm³/mol. The van der Waals surface area contributed by atoms with Gasteiger partial charge in [-0.3, -0.25) is 18.5 Å². The summed E-state index contributed by atoms with van der Waals surface area (Å²) in [5.74, 6) is -0.666. The summed E-state index contributed by atoms with van der Waals surface area (Å²) in [6.07, 6.45) is 1.06. The minimum absolute atomic E-state index is 0.178. The minimum atomic E-state index is -3.78. The van der Waals surface area contributed by atoms with Gasteiger partial charge in [0, 0.05) is 36.7 Å². The van der Waals surface area contributed by atoms with E-state index in [2.05, 4.69) is 10.3 Å². The Morgan fingerprint density at radius 3 is 2.17 bits per heavy atom. The highest BCUT2D eigenvalue weighted by Gasteiger charge is 2.26. The van der Waals surface area contributed by atoms with E-state index >= 15 is 0 Å². The van der Waals surface area contributed by atoms with Crippen molar-refractivity contribution < 1.29 is 26.4 Å². The number of carbonyl (C=O) groups excluding carboxylic acids is 1. The molecule has 47 heavy (non-hydrogen) atoms. The van der Waals surface area contributed by atoms with Crippen LogP contribution in [0.15, 0.2) is 88.1 Å². The average molecular weight is 657 g/mol. The van der Waals surface area contributed by atoms with Crippen molar-refractivity contribution in [2.24, 2.45) is 0 Å². The van der Waals surface area contributed by atoms with Crippen LogP contribution in [0.2, 0.25) is 0 Å². The van der Waals surface area contributed by atoms with Crippen molar-refractivity contribution in [2.75, 3.05) is 24.7 Å². The zero-order chi connectivity index (χ0) is 33.8. The van der Waals surface area contributed by atoms with Crippen molar-refractivity contribution in [1.82, 2.24) is 14.9 Å². The van der Waals surface area contributed by atoms with E-state index < -0.39 is 27.8 Å². The molecule has 1 N–H and O–H groups in total. The molecule has 2 aromatic heterocycles. The Morgan fingerprint density at radius 1 is 0.936 bits per heavy atom. The summed E-state index contributed by atoms with van der Waals surface area (Å²) in [5.41, 5.74) is 2.80. The number of aryl methyl sites for hydroxylation is 1. The lowest BCUT2D eigenvalue weighted by molar-refractivity contribution is 0.0964. The molecule has 240 valence electrons. The molecule has 12 heteroatoms. The van der Waals surface area contributed by atoms with Gasteiger partial charge >= 0.3 is 0 Å². The molecule has 6 aromatic rings. The van der Waals surface area contributed by atoms with Crippen molar-refractivity contribution in [2.45, 2.75) is 19.9 Å². The van der Waals surface area contributed by atoms with Gasteiger partial charge in [0.2, 0.25) is 10.0 Å². The number of nitrogens with zero attached hydrogens (tertiary/aromatic N) is 3. The van der Waals surface area contributed by atoms with Gasteiger partial charge in [-0.05, 0) is 79.6 Å². The van der Waals surface area contributed by atoms with Gasteiger partial charge in [0.15, 0.2) is 0 Å². The molecule has 2 heterocycles. The van der Waals surface area contributed by atoms with Crippen molar-refractivity contribution in [1.29, 1.82) is 0 Å². The fourth-order valence-electron chi connectivity index (χ4n) is 5.78. The molecule has 0 radical (unpaired) electrons. The van der Waals surface area contributed by atoms with Crippen LogP contribution in [0.3, 0.4) is 0 Å². The smallest absolute Gasteiger partial charge is 0.261 e. The van der Waals surface area contributed by atoms with Crippen LogP contribution in [0, 0.1) is 18.6 Å². The van der Waals surface area contributed by atoms with Crippen LogP contribution in [0.5, 0.6) is 0 Å². The van der Waals surface area contributed by atoms with Crippen LogP contribution in [-0.2, 0) is 10.0 Å². The zero-order valence-electron chi connectivity index (χ0n) is 26.1. The number of nitrogens with one attached hydrogen (secondary N) is 1. The van der Waals surface area contributed by atoms with Gasteiger partial charge in [0.1, 0.15) is 28.8 Å². The van der Waals surface area contributed by atoms with E-state index in [4.69, 9.17) is 4.42 Å². The lowest BCUT2D eigenvalue weighted by Crippen LogP contribution is -2.27. The maximum absolute atomic E-state index is 14.0. The van der Waals surface area contributed by atoms with E-state index in [0.717, 1.165) is 16.1 Å². The molecular formula is C35H30F2N4O5S. The number of furan rings is 1. The first-order valence-electron chi connectivity index (χ1n) is 14.6. The van der Waals surface area contributed by atoms with E-state index in [9.17, 15) is 26.8 Å². The SMILES string of the molecule is CNC(=O)c1c(-c2ccc(F)cc2)oc2cc(N(C)S(C)(=O)=O)c(-c3ccc4nc(C)n([C@@H](C)c5ccc(F)cc5)c(=O)c4c3)cc12. The quantitative estimate of drug-likeness (QED) is 0.212. The standard InChI is InChI=1S/C35H30F2N4O5S/c1-19(21-6-11-24(36)12-7-21)41-20(2)39-29-15-10-23(16-27(29)35(41)43)26-17-28-31(18-30(26)40(4)47(5,44)45)46-33(32(28)34(42)38-3)22-8-13-25(37)14-9-22/h6-19H,1-5H3,(H,38,42)/t19-/m0/s1. The third-order valence-corrected chi connectivity index (χ3v) is 9.52. The number of carbonyl (C=O) groups is 1. The number of hydrogen-bond donors (Lipinski definition) is 1. The third-order valence-electron chi connectivity index (χ3n) is 8.33. The van der Waals surface area contributed by atoms with Crippen molar-refractivity contribution in [3.05, 3.63) is 118 Å². The molecule has 0 aliphatic heterocycles. The van der Waals surface area contributed by atoms with E-state index in [1.165, 1.54) is 61.1 Å². The molecule has 0 aliphatic rings. The van der Waals surface area contributed by atoms with Crippen molar-refractivity contribution in [3.8, 4) is 22.5 Å². The number of rotatable bonds is 7. The Bertz CT molecular complexity index is 2370. The fraction of sp³-hybridized carbons (Fsp3) is 0.171. The van der Waals surface area contributed by atoms with Crippen LogP contribution >= 0.6 is 0 Å². The second-order valence-corrected chi connectivity index (χ2v) is 13.3. The maximum atomic E-state index is 14.0. The zero-order valence-corrected chi connectivity index (χ0v) is 26.9. The Balaban J connectivity index is 1.62. The van der Waals surface area contributed by atoms with Crippen LogP contribution in [0.25, 0.3) is 44.3 Å². The molecule has 4 aromatic carbocycles. The maximum Gasteiger partial charge on any atom is 0.261 e. The first kappa shape index (κ1) is 31.6. The van der Waals surface area contributed by atoms with Gasteiger partial charge in [-0.25, -0.2) is 22.2 Å². The Labute approximate surface area is 269 Å². The number of fused-ring (bicyclic) bond motifs is 2.